The van der Waals surface area contributed by atoms with E-state index in [1.165, 1.54) is 22.3 Å². The summed E-state index contributed by atoms with van der Waals surface area (Å²) >= 11 is 0. The Labute approximate surface area is 159 Å². The molecule has 3 aromatic carbocycles. The van der Waals surface area contributed by atoms with E-state index in [9.17, 15) is 0 Å². The third-order valence-corrected chi connectivity index (χ3v) is 4.92. The van der Waals surface area contributed by atoms with Crippen molar-refractivity contribution >= 4 is 10.9 Å². The van der Waals surface area contributed by atoms with Crippen molar-refractivity contribution in [2.24, 2.45) is 0 Å². The standard InChI is InChI=1S/C24H21NO2/c1-16-20(17-8-5-4-6-9-17)10-7-11-21(16)19-12-18-13-23(26-2)24(27-3)14-22(18)25-15-19/h4-15H,1-3H3. The van der Waals surface area contributed by atoms with E-state index in [1.54, 1.807) is 14.2 Å². The minimum absolute atomic E-state index is 0.688. The summed E-state index contributed by atoms with van der Waals surface area (Å²) in [5.41, 5.74) is 6.85. The van der Waals surface area contributed by atoms with E-state index in [2.05, 4.69) is 60.4 Å². The number of hydrogen-bond donors (Lipinski definition) is 0. The Hall–Kier alpha value is -3.33. The third kappa shape index (κ3) is 3.13. The Morgan fingerprint density at radius 1 is 0.704 bits per heavy atom. The van der Waals surface area contributed by atoms with Crippen LogP contribution in [-0.4, -0.2) is 19.2 Å². The molecule has 0 bridgehead atoms. The topological polar surface area (TPSA) is 31.4 Å². The largest absolute Gasteiger partial charge is 0.493 e. The van der Waals surface area contributed by atoms with Gasteiger partial charge in [-0.15, -0.1) is 0 Å². The van der Waals surface area contributed by atoms with Crippen LogP contribution in [0.15, 0.2) is 72.9 Å². The summed E-state index contributed by atoms with van der Waals surface area (Å²) < 4.78 is 10.8. The van der Waals surface area contributed by atoms with Crippen LogP contribution in [0.5, 0.6) is 11.5 Å². The molecule has 4 rings (SSSR count). The monoisotopic (exact) mass is 355 g/mol. The van der Waals surface area contributed by atoms with Gasteiger partial charge in [-0.25, -0.2) is 0 Å². The van der Waals surface area contributed by atoms with Crippen molar-refractivity contribution in [3.8, 4) is 33.8 Å². The first-order valence-corrected chi connectivity index (χ1v) is 8.88. The lowest BCUT2D eigenvalue weighted by Crippen LogP contribution is -1.93. The fourth-order valence-corrected chi connectivity index (χ4v) is 3.48. The maximum absolute atomic E-state index is 5.44. The number of methoxy groups -OCH3 is 2. The lowest BCUT2D eigenvalue weighted by molar-refractivity contribution is 0.356. The highest BCUT2D eigenvalue weighted by Gasteiger charge is 2.11. The lowest BCUT2D eigenvalue weighted by atomic mass is 9.93. The van der Waals surface area contributed by atoms with Crippen molar-refractivity contribution in [1.82, 2.24) is 4.98 Å². The van der Waals surface area contributed by atoms with Crippen LogP contribution in [0, 0.1) is 6.92 Å². The maximum Gasteiger partial charge on any atom is 0.162 e. The quantitative estimate of drug-likeness (QED) is 0.457. The van der Waals surface area contributed by atoms with Crippen LogP contribution in [0.1, 0.15) is 5.56 Å². The van der Waals surface area contributed by atoms with Gasteiger partial charge in [-0.3, -0.25) is 4.98 Å². The molecule has 0 aliphatic heterocycles. The van der Waals surface area contributed by atoms with Gasteiger partial charge in [0.1, 0.15) is 0 Å². The van der Waals surface area contributed by atoms with Crippen molar-refractivity contribution < 1.29 is 9.47 Å². The minimum atomic E-state index is 0.688. The van der Waals surface area contributed by atoms with E-state index < -0.39 is 0 Å². The van der Waals surface area contributed by atoms with Gasteiger partial charge in [0.05, 0.1) is 19.7 Å². The van der Waals surface area contributed by atoms with Crippen LogP contribution in [0.3, 0.4) is 0 Å². The highest BCUT2D eigenvalue weighted by Crippen LogP contribution is 2.35. The van der Waals surface area contributed by atoms with Gasteiger partial charge < -0.3 is 9.47 Å². The second kappa shape index (κ2) is 7.12. The maximum atomic E-state index is 5.44. The van der Waals surface area contributed by atoms with Crippen LogP contribution < -0.4 is 9.47 Å². The summed E-state index contributed by atoms with van der Waals surface area (Å²) in [5.74, 6) is 1.39. The Morgan fingerprint density at radius 2 is 1.37 bits per heavy atom. The lowest BCUT2D eigenvalue weighted by Gasteiger charge is -2.13. The van der Waals surface area contributed by atoms with Gasteiger partial charge in [-0.2, -0.15) is 0 Å². The molecule has 3 heteroatoms. The molecule has 4 aromatic rings. The van der Waals surface area contributed by atoms with Crippen molar-refractivity contribution in [2.45, 2.75) is 6.92 Å². The van der Waals surface area contributed by atoms with E-state index in [0.29, 0.717) is 11.5 Å². The van der Waals surface area contributed by atoms with Crippen LogP contribution in [0.4, 0.5) is 0 Å². The van der Waals surface area contributed by atoms with Crippen molar-refractivity contribution in [3.05, 3.63) is 78.5 Å². The Kier molecular flexibility index (Phi) is 4.51. The summed E-state index contributed by atoms with van der Waals surface area (Å²) in [6, 6.07) is 22.9. The van der Waals surface area contributed by atoms with Gasteiger partial charge in [0.25, 0.3) is 0 Å². The molecular weight excluding hydrogens is 334 g/mol. The number of aromatic nitrogens is 1. The summed E-state index contributed by atoms with van der Waals surface area (Å²) in [6.45, 7) is 2.16. The van der Waals surface area contributed by atoms with Gasteiger partial charge in [0, 0.05) is 23.2 Å². The number of fused-ring (bicyclic) bond motifs is 1. The zero-order chi connectivity index (χ0) is 18.8. The molecule has 27 heavy (non-hydrogen) atoms. The third-order valence-electron chi connectivity index (χ3n) is 4.92. The smallest absolute Gasteiger partial charge is 0.162 e. The molecule has 0 N–H and O–H groups in total. The van der Waals surface area contributed by atoms with Gasteiger partial charge >= 0.3 is 0 Å². The molecule has 0 saturated carbocycles. The average Bonchev–Trinajstić information content (AvgIpc) is 2.73. The number of benzene rings is 3. The van der Waals surface area contributed by atoms with Gasteiger partial charge in [0.15, 0.2) is 11.5 Å². The Bertz CT molecular complexity index is 1100. The van der Waals surface area contributed by atoms with E-state index in [4.69, 9.17) is 9.47 Å². The van der Waals surface area contributed by atoms with Gasteiger partial charge in [-0.1, -0.05) is 48.5 Å². The first kappa shape index (κ1) is 17.1. The van der Waals surface area contributed by atoms with E-state index in [1.807, 2.05) is 24.4 Å². The molecule has 0 fully saturated rings. The molecule has 0 aliphatic rings. The van der Waals surface area contributed by atoms with Gasteiger partial charge in [0.2, 0.25) is 0 Å². The second-order valence-electron chi connectivity index (χ2n) is 6.47. The van der Waals surface area contributed by atoms with E-state index in [0.717, 1.165) is 16.5 Å². The minimum Gasteiger partial charge on any atom is -0.493 e. The van der Waals surface area contributed by atoms with Crippen LogP contribution in [-0.2, 0) is 0 Å². The zero-order valence-electron chi connectivity index (χ0n) is 15.7. The van der Waals surface area contributed by atoms with Crippen LogP contribution >= 0.6 is 0 Å². The average molecular weight is 355 g/mol. The molecule has 0 atom stereocenters. The fourth-order valence-electron chi connectivity index (χ4n) is 3.48. The molecule has 1 aromatic heterocycles. The molecule has 1 heterocycles. The Balaban J connectivity index is 1.85. The van der Waals surface area contributed by atoms with Gasteiger partial charge in [-0.05, 0) is 41.3 Å². The predicted octanol–water partition coefficient (Wildman–Crippen LogP) is 5.89. The molecular formula is C24H21NO2. The number of nitrogens with zero attached hydrogens (tertiary/aromatic N) is 1. The molecule has 0 radical (unpaired) electrons. The molecule has 0 saturated heterocycles. The number of pyridine rings is 1. The number of ether oxygens (including phenoxy) is 2. The summed E-state index contributed by atoms with van der Waals surface area (Å²) in [4.78, 5) is 4.65. The summed E-state index contributed by atoms with van der Waals surface area (Å²) in [7, 11) is 3.28. The fraction of sp³-hybridized carbons (Fsp3) is 0.125. The van der Waals surface area contributed by atoms with Crippen LogP contribution in [0.25, 0.3) is 33.2 Å². The van der Waals surface area contributed by atoms with E-state index >= 15 is 0 Å². The first-order valence-electron chi connectivity index (χ1n) is 8.88. The number of rotatable bonds is 4. The zero-order valence-corrected chi connectivity index (χ0v) is 15.7. The van der Waals surface area contributed by atoms with Crippen molar-refractivity contribution in [2.75, 3.05) is 14.2 Å². The molecule has 3 nitrogen and oxygen atoms in total. The van der Waals surface area contributed by atoms with Crippen LogP contribution in [0.2, 0.25) is 0 Å². The van der Waals surface area contributed by atoms with E-state index in [-0.39, 0.29) is 0 Å². The van der Waals surface area contributed by atoms with Crippen molar-refractivity contribution in [1.29, 1.82) is 0 Å². The SMILES string of the molecule is COc1cc2cc(-c3cccc(-c4ccccc4)c3C)cnc2cc1OC. The predicted molar refractivity (Wildman–Crippen MR) is 110 cm³/mol. The Morgan fingerprint density at radius 3 is 2.07 bits per heavy atom. The highest BCUT2D eigenvalue weighted by atomic mass is 16.5. The normalized spacial score (nSPS) is 10.8. The summed E-state index contributed by atoms with van der Waals surface area (Å²) in [6.07, 6.45) is 1.92. The first-order chi connectivity index (χ1) is 13.2. The second-order valence-corrected chi connectivity index (χ2v) is 6.47. The van der Waals surface area contributed by atoms with Crippen molar-refractivity contribution in [3.63, 3.8) is 0 Å². The molecule has 0 spiro atoms. The summed E-state index contributed by atoms with van der Waals surface area (Å²) in [5, 5.41) is 1.02. The molecule has 0 aliphatic carbocycles. The molecule has 0 amide bonds. The molecule has 0 unspecified atom stereocenters. The number of hydrogen-bond acceptors (Lipinski definition) is 3. The molecule has 134 valence electrons. The highest BCUT2D eigenvalue weighted by molar-refractivity contribution is 5.88.